The highest BCUT2D eigenvalue weighted by Gasteiger charge is 2.34. The lowest BCUT2D eigenvalue weighted by Gasteiger charge is -2.37. The molecule has 5 aromatic carbocycles. The molecule has 0 amide bonds. The molecule has 0 aromatic heterocycles. The van der Waals surface area contributed by atoms with Crippen LogP contribution < -0.4 is 9.47 Å². The zero-order chi connectivity index (χ0) is 35.5. The van der Waals surface area contributed by atoms with Gasteiger partial charge in [0.25, 0.3) is 0 Å². The van der Waals surface area contributed by atoms with Gasteiger partial charge < -0.3 is 28.5 Å². The van der Waals surface area contributed by atoms with E-state index in [1.165, 1.54) is 0 Å². The maximum absolute atomic E-state index is 12.6. The van der Waals surface area contributed by atoms with Gasteiger partial charge in [-0.05, 0) is 79.1 Å². The van der Waals surface area contributed by atoms with Crippen LogP contribution in [0.3, 0.4) is 0 Å². The van der Waals surface area contributed by atoms with E-state index in [9.17, 15) is 4.79 Å². The van der Waals surface area contributed by atoms with Crippen molar-refractivity contribution in [3.63, 3.8) is 0 Å². The Morgan fingerprint density at radius 2 is 1.41 bits per heavy atom. The van der Waals surface area contributed by atoms with Gasteiger partial charge in [0.05, 0.1) is 32.5 Å². The third kappa shape index (κ3) is 10.8. The van der Waals surface area contributed by atoms with Gasteiger partial charge in [-0.3, -0.25) is 0 Å². The second-order valence-corrected chi connectivity index (χ2v) is 13.7. The lowest BCUT2D eigenvalue weighted by Crippen LogP contribution is -2.45. The van der Waals surface area contributed by atoms with E-state index in [0.717, 1.165) is 50.9 Å². The summed E-state index contributed by atoms with van der Waals surface area (Å²) in [6.45, 7) is 8.74. The fourth-order valence-electron chi connectivity index (χ4n) is 6.17. The summed E-state index contributed by atoms with van der Waals surface area (Å²) in [7, 11) is 0. The third-order valence-corrected chi connectivity index (χ3v) is 8.62. The van der Waals surface area contributed by atoms with Crippen LogP contribution in [0.1, 0.15) is 55.4 Å². The van der Waals surface area contributed by atoms with Crippen LogP contribution in [-0.4, -0.2) is 49.2 Å². The summed E-state index contributed by atoms with van der Waals surface area (Å²) >= 11 is 0. The Bertz CT molecular complexity index is 1820. The van der Waals surface area contributed by atoms with Gasteiger partial charge >= 0.3 is 6.16 Å². The molecule has 2 unspecified atom stereocenters. The smallest absolute Gasteiger partial charge is 0.491 e. The van der Waals surface area contributed by atoms with Crippen molar-refractivity contribution in [2.24, 2.45) is 0 Å². The summed E-state index contributed by atoms with van der Waals surface area (Å²) in [4.78, 5) is 18.2. The Morgan fingerprint density at radius 1 is 0.725 bits per heavy atom. The lowest BCUT2D eigenvalue weighted by atomic mass is 9.87. The second-order valence-electron chi connectivity index (χ2n) is 13.7. The summed E-state index contributed by atoms with van der Waals surface area (Å²) in [5.41, 5.74) is 3.72. The molecule has 0 N–H and O–H groups in total. The molecule has 8 heteroatoms. The van der Waals surface area contributed by atoms with E-state index in [2.05, 4.69) is 48.5 Å². The van der Waals surface area contributed by atoms with E-state index in [4.69, 9.17) is 28.5 Å². The van der Waals surface area contributed by atoms with Gasteiger partial charge in [-0.25, -0.2) is 4.79 Å². The number of hydrogen-bond donors (Lipinski definition) is 0. The first-order chi connectivity index (χ1) is 24.8. The Morgan fingerprint density at radius 3 is 2.14 bits per heavy atom. The van der Waals surface area contributed by atoms with Crippen LogP contribution in [0, 0.1) is 0 Å². The highest BCUT2D eigenvalue weighted by atomic mass is 16.8. The summed E-state index contributed by atoms with van der Waals surface area (Å²) in [6.07, 6.45) is -0.257. The Hall–Kier alpha value is -4.89. The number of piperidine rings is 1. The van der Waals surface area contributed by atoms with Gasteiger partial charge in [0, 0.05) is 17.8 Å². The van der Waals surface area contributed by atoms with Gasteiger partial charge in [-0.15, -0.1) is 5.06 Å². The molecule has 1 saturated heterocycles. The number of carbonyl (C=O) groups excluding carboxylic acids is 1. The molecule has 51 heavy (non-hydrogen) atoms. The first kappa shape index (κ1) is 35.9. The molecule has 0 saturated carbocycles. The van der Waals surface area contributed by atoms with Crippen LogP contribution in [0.2, 0.25) is 0 Å². The lowest BCUT2D eigenvalue weighted by molar-refractivity contribution is -0.179. The number of fused-ring (bicyclic) bond motifs is 1. The highest BCUT2D eigenvalue weighted by Crippen LogP contribution is 2.34. The highest BCUT2D eigenvalue weighted by molar-refractivity contribution is 5.89. The normalized spacial score (nSPS) is 16.5. The van der Waals surface area contributed by atoms with Gasteiger partial charge in [0.1, 0.15) is 30.3 Å². The number of hydroxylamine groups is 2. The number of benzene rings is 5. The van der Waals surface area contributed by atoms with Crippen molar-refractivity contribution in [3.05, 3.63) is 144 Å². The predicted octanol–water partition coefficient (Wildman–Crippen LogP) is 9.26. The molecule has 8 nitrogen and oxygen atoms in total. The van der Waals surface area contributed by atoms with Gasteiger partial charge in [-0.1, -0.05) is 97.1 Å². The van der Waals surface area contributed by atoms with Crippen molar-refractivity contribution >= 4 is 16.9 Å². The Kier molecular flexibility index (Phi) is 12.2. The van der Waals surface area contributed by atoms with Crippen molar-refractivity contribution in [3.8, 4) is 11.5 Å². The second kappa shape index (κ2) is 17.4. The number of hydrogen-bond acceptors (Lipinski definition) is 8. The molecule has 0 aliphatic carbocycles. The van der Waals surface area contributed by atoms with Crippen LogP contribution in [0.4, 0.5) is 4.79 Å². The molecule has 1 aliphatic heterocycles. The Labute approximate surface area is 300 Å². The fourth-order valence-corrected chi connectivity index (χ4v) is 6.17. The summed E-state index contributed by atoms with van der Waals surface area (Å²) < 4.78 is 30.2. The molecule has 6 rings (SSSR count). The van der Waals surface area contributed by atoms with E-state index in [1.54, 1.807) is 5.06 Å². The van der Waals surface area contributed by atoms with Crippen LogP contribution in [0.15, 0.2) is 121 Å². The average molecular weight is 690 g/mol. The van der Waals surface area contributed by atoms with Crippen molar-refractivity contribution < 1.29 is 33.3 Å². The van der Waals surface area contributed by atoms with E-state index >= 15 is 0 Å². The quantitative estimate of drug-likeness (QED) is 0.0844. The zero-order valence-electron chi connectivity index (χ0n) is 29.7. The van der Waals surface area contributed by atoms with E-state index in [-0.39, 0.29) is 12.0 Å². The average Bonchev–Trinajstić information content (AvgIpc) is 3.13. The summed E-state index contributed by atoms with van der Waals surface area (Å²) in [6, 6.07) is 40.9. The Balaban J connectivity index is 1.12. The molecule has 0 bridgehead atoms. The molecule has 2 atom stereocenters. The maximum Gasteiger partial charge on any atom is 0.528 e. The van der Waals surface area contributed by atoms with Gasteiger partial charge in [-0.2, -0.15) is 0 Å². The fraction of sp³-hybridized carbons (Fsp3) is 0.326. The number of carbonyl (C=O) groups is 1. The van der Waals surface area contributed by atoms with Gasteiger partial charge in [0.15, 0.2) is 0 Å². The monoisotopic (exact) mass is 689 g/mol. The first-order valence-electron chi connectivity index (χ1n) is 17.6. The molecular formula is C43H47NO7. The van der Waals surface area contributed by atoms with E-state index < -0.39 is 11.8 Å². The van der Waals surface area contributed by atoms with Crippen LogP contribution in [0.25, 0.3) is 10.8 Å². The van der Waals surface area contributed by atoms with Gasteiger partial charge in [0.2, 0.25) is 0 Å². The zero-order valence-corrected chi connectivity index (χ0v) is 29.7. The van der Waals surface area contributed by atoms with Crippen LogP contribution >= 0.6 is 0 Å². The number of nitrogens with zero attached hydrogens (tertiary/aromatic N) is 1. The maximum atomic E-state index is 12.6. The third-order valence-electron chi connectivity index (χ3n) is 8.62. The predicted molar refractivity (Wildman–Crippen MR) is 198 cm³/mol. The van der Waals surface area contributed by atoms with Crippen molar-refractivity contribution in [1.82, 2.24) is 5.06 Å². The van der Waals surface area contributed by atoms with Crippen molar-refractivity contribution in [2.75, 3.05) is 26.3 Å². The molecule has 266 valence electrons. The minimum Gasteiger partial charge on any atom is -0.491 e. The molecule has 5 aromatic rings. The van der Waals surface area contributed by atoms with Crippen LogP contribution in [0.5, 0.6) is 11.5 Å². The van der Waals surface area contributed by atoms with Crippen LogP contribution in [-0.2, 0) is 38.9 Å². The molecule has 0 spiro atoms. The molecule has 1 heterocycles. The SMILES string of the molecule is CC(C)(C)OC(=O)ON1CCC(c2ccc(OCCOCc3ccccc3)cc2)C(OCc2cc(OCc3ccccc3)c3ccccc3c2)C1. The molecule has 1 fully saturated rings. The standard InChI is InChI=1S/C43H47NO7/c1-43(2,3)50-42(45)51-44-23-22-39(35-18-20-37(21-19-35)47-25-24-46-29-32-12-6-4-7-13-32)41(28-44)49-31-34-26-36-16-10-11-17-38(36)40(27-34)48-30-33-14-8-5-9-15-33/h4-21,26-27,39,41H,22-25,28-31H2,1-3H3. The molecule has 0 radical (unpaired) electrons. The van der Waals surface area contributed by atoms with Crippen molar-refractivity contribution in [1.29, 1.82) is 0 Å². The largest absolute Gasteiger partial charge is 0.528 e. The first-order valence-corrected chi connectivity index (χ1v) is 17.6. The minimum absolute atomic E-state index is 0.0704. The van der Waals surface area contributed by atoms with E-state index in [0.29, 0.717) is 46.1 Å². The molecular weight excluding hydrogens is 642 g/mol. The summed E-state index contributed by atoms with van der Waals surface area (Å²) in [5.74, 6) is 1.66. The summed E-state index contributed by atoms with van der Waals surface area (Å²) in [5, 5.41) is 3.78. The minimum atomic E-state index is -0.719. The topological polar surface area (TPSA) is 75.7 Å². The molecule has 1 aliphatic rings. The van der Waals surface area contributed by atoms with Crippen molar-refractivity contribution in [2.45, 2.75) is 64.6 Å². The van der Waals surface area contributed by atoms with E-state index in [1.807, 2.05) is 93.6 Å². The number of ether oxygens (including phenoxy) is 5. The number of rotatable bonds is 14.